The van der Waals surface area contributed by atoms with Crippen molar-refractivity contribution >= 4 is 6.21 Å². The van der Waals surface area contributed by atoms with E-state index in [1.165, 1.54) is 12.1 Å². The molecule has 0 bridgehead atoms. The Bertz CT molecular complexity index is 552. The van der Waals surface area contributed by atoms with Gasteiger partial charge in [-0.15, -0.1) is 0 Å². The summed E-state index contributed by atoms with van der Waals surface area (Å²) in [4.78, 5) is 5.09. The molecule has 0 aliphatic heterocycles. The van der Waals surface area contributed by atoms with Gasteiger partial charge < -0.3 is 9.57 Å². The van der Waals surface area contributed by atoms with Crippen LogP contribution >= 0.6 is 0 Å². The molecule has 19 heavy (non-hydrogen) atoms. The van der Waals surface area contributed by atoms with Crippen molar-refractivity contribution in [1.29, 1.82) is 0 Å². The van der Waals surface area contributed by atoms with Crippen LogP contribution in [0.15, 0.2) is 53.7 Å². The van der Waals surface area contributed by atoms with Gasteiger partial charge in [0, 0.05) is 5.56 Å². The third-order valence-electron chi connectivity index (χ3n) is 2.45. The van der Waals surface area contributed by atoms with E-state index in [0.717, 1.165) is 16.9 Å². The van der Waals surface area contributed by atoms with E-state index in [9.17, 15) is 4.39 Å². The minimum atomic E-state index is -0.268. The molecular weight excluding hydrogens is 245 g/mol. The number of nitrogens with zero attached hydrogens (tertiary/aromatic N) is 1. The van der Waals surface area contributed by atoms with Crippen LogP contribution < -0.4 is 4.74 Å². The summed E-state index contributed by atoms with van der Waals surface area (Å²) in [7, 11) is 1.60. The molecule has 0 aliphatic rings. The van der Waals surface area contributed by atoms with E-state index in [-0.39, 0.29) is 12.4 Å². The van der Waals surface area contributed by atoms with Crippen LogP contribution in [0.4, 0.5) is 4.39 Å². The topological polar surface area (TPSA) is 30.8 Å². The summed E-state index contributed by atoms with van der Waals surface area (Å²) in [5, 5.41) is 3.74. The van der Waals surface area contributed by atoms with Gasteiger partial charge in [-0.3, -0.25) is 0 Å². The highest BCUT2D eigenvalue weighted by molar-refractivity contribution is 5.79. The average Bonchev–Trinajstić information content (AvgIpc) is 2.46. The van der Waals surface area contributed by atoms with Crippen LogP contribution in [-0.2, 0) is 11.4 Å². The van der Waals surface area contributed by atoms with Crippen molar-refractivity contribution in [2.75, 3.05) is 7.11 Å². The zero-order valence-electron chi connectivity index (χ0n) is 10.5. The zero-order valence-corrected chi connectivity index (χ0v) is 10.5. The molecule has 4 heteroatoms. The van der Waals surface area contributed by atoms with Crippen LogP contribution in [0.25, 0.3) is 0 Å². The molecule has 2 aromatic rings. The van der Waals surface area contributed by atoms with Gasteiger partial charge in [0.1, 0.15) is 24.4 Å². The second-order valence-electron chi connectivity index (χ2n) is 3.83. The number of benzene rings is 2. The van der Waals surface area contributed by atoms with Gasteiger partial charge in [0.05, 0.1) is 7.11 Å². The maximum atomic E-state index is 12.7. The Morgan fingerprint density at radius 3 is 2.68 bits per heavy atom. The van der Waals surface area contributed by atoms with E-state index in [0.29, 0.717) is 0 Å². The highest BCUT2D eigenvalue weighted by Crippen LogP contribution is 2.11. The average molecular weight is 258 g/mol. The van der Waals surface area contributed by atoms with Crippen molar-refractivity contribution in [2.24, 2.45) is 5.16 Å². The normalized spacial score (nSPS) is 10.6. The zero-order chi connectivity index (χ0) is 13.5. The van der Waals surface area contributed by atoms with E-state index in [4.69, 9.17) is 9.57 Å². The van der Waals surface area contributed by atoms with Gasteiger partial charge in [-0.25, -0.2) is 4.39 Å². The Labute approximate surface area is 111 Å². The second kappa shape index (κ2) is 6.54. The molecule has 0 saturated heterocycles. The minimum absolute atomic E-state index is 0.268. The monoisotopic (exact) mass is 258 g/mol. The highest BCUT2D eigenvalue weighted by atomic mass is 19.1. The molecule has 2 aromatic carbocycles. The first-order valence-corrected chi connectivity index (χ1v) is 5.74. The summed E-state index contributed by atoms with van der Waals surface area (Å²) in [6.45, 7) is 0.275. The third kappa shape index (κ3) is 4.10. The molecule has 3 nitrogen and oxygen atoms in total. The summed E-state index contributed by atoms with van der Waals surface area (Å²) >= 11 is 0. The Hall–Kier alpha value is -2.36. The molecule has 0 aliphatic carbocycles. The lowest BCUT2D eigenvalue weighted by atomic mass is 10.2. The largest absolute Gasteiger partial charge is 0.497 e. The summed E-state index contributed by atoms with van der Waals surface area (Å²) in [6.07, 6.45) is 2.75. The third-order valence-corrected chi connectivity index (χ3v) is 2.45. The summed E-state index contributed by atoms with van der Waals surface area (Å²) in [5.74, 6) is 0.467. The molecule has 97 valence electrons. The molecular formula is C15H13FNO2. The molecule has 0 N–H and O–H groups in total. The van der Waals surface area contributed by atoms with E-state index in [2.05, 4.69) is 11.4 Å². The van der Waals surface area contributed by atoms with Crippen LogP contribution in [0, 0.1) is 5.82 Å². The van der Waals surface area contributed by atoms with Crippen LogP contribution in [0.1, 0.15) is 11.1 Å². The lowest BCUT2D eigenvalue weighted by Gasteiger charge is -2.00. The van der Waals surface area contributed by atoms with Gasteiger partial charge in [0.25, 0.3) is 0 Å². The number of ether oxygens (including phenoxy) is 1. The van der Waals surface area contributed by atoms with Gasteiger partial charge in [-0.2, -0.15) is 0 Å². The number of rotatable bonds is 5. The first-order valence-electron chi connectivity index (χ1n) is 5.74. The Kier molecular flexibility index (Phi) is 4.50. The molecule has 0 saturated carbocycles. The highest BCUT2D eigenvalue weighted by Gasteiger charge is 1.95. The molecule has 0 aromatic heterocycles. The fourth-order valence-corrected chi connectivity index (χ4v) is 1.47. The van der Waals surface area contributed by atoms with Crippen LogP contribution in [0.3, 0.4) is 0 Å². The molecule has 0 amide bonds. The fraction of sp³-hybridized carbons (Fsp3) is 0.133. The molecule has 0 heterocycles. The first-order chi connectivity index (χ1) is 9.28. The standard InChI is InChI=1S/C15H13FNO2/c1-18-15-4-2-3-13(9-15)10-17-19-11-12-5-7-14(16)8-6-12/h2-9H,11H2,1H3. The van der Waals surface area contributed by atoms with Crippen LogP contribution in [-0.4, -0.2) is 13.3 Å². The van der Waals surface area contributed by atoms with Crippen molar-refractivity contribution in [3.05, 3.63) is 65.5 Å². The fourth-order valence-electron chi connectivity index (χ4n) is 1.47. The summed E-state index contributed by atoms with van der Waals surface area (Å²) < 4.78 is 17.8. The van der Waals surface area contributed by atoms with Crippen molar-refractivity contribution in [3.8, 4) is 5.75 Å². The maximum absolute atomic E-state index is 12.7. The Balaban J connectivity index is 1.87. The van der Waals surface area contributed by atoms with Gasteiger partial charge >= 0.3 is 0 Å². The van der Waals surface area contributed by atoms with Crippen molar-refractivity contribution in [3.63, 3.8) is 0 Å². The quantitative estimate of drug-likeness (QED) is 0.608. The molecule has 0 spiro atoms. The molecule has 0 atom stereocenters. The molecule has 2 rings (SSSR count). The molecule has 1 radical (unpaired) electrons. The second-order valence-corrected chi connectivity index (χ2v) is 3.83. The van der Waals surface area contributed by atoms with Gasteiger partial charge in [0.2, 0.25) is 0 Å². The SMILES string of the molecule is COc1cccc(/[C]=N\OCc2ccc(F)cc2)c1. The lowest BCUT2D eigenvalue weighted by molar-refractivity contribution is 0.132. The summed E-state index contributed by atoms with van der Waals surface area (Å²) in [6, 6.07) is 13.4. The Morgan fingerprint density at radius 1 is 1.16 bits per heavy atom. The van der Waals surface area contributed by atoms with Gasteiger partial charge in [0.15, 0.2) is 0 Å². The number of halogens is 1. The molecule has 0 fully saturated rings. The van der Waals surface area contributed by atoms with Crippen molar-refractivity contribution < 1.29 is 14.0 Å². The summed E-state index contributed by atoms with van der Waals surface area (Å²) in [5.41, 5.74) is 1.61. The van der Waals surface area contributed by atoms with E-state index >= 15 is 0 Å². The smallest absolute Gasteiger partial charge is 0.142 e. The van der Waals surface area contributed by atoms with Gasteiger partial charge in [-0.05, 0) is 29.8 Å². The van der Waals surface area contributed by atoms with Crippen molar-refractivity contribution in [1.82, 2.24) is 0 Å². The van der Waals surface area contributed by atoms with Crippen LogP contribution in [0.5, 0.6) is 5.75 Å². The Morgan fingerprint density at radius 2 is 1.95 bits per heavy atom. The predicted molar refractivity (Wildman–Crippen MR) is 70.7 cm³/mol. The van der Waals surface area contributed by atoms with Gasteiger partial charge in [-0.1, -0.05) is 29.4 Å². The molecule has 0 unspecified atom stereocenters. The van der Waals surface area contributed by atoms with E-state index in [1.807, 2.05) is 18.2 Å². The number of hydrogen-bond acceptors (Lipinski definition) is 3. The predicted octanol–water partition coefficient (Wildman–Crippen LogP) is 3.26. The maximum Gasteiger partial charge on any atom is 0.142 e. The number of methoxy groups -OCH3 is 1. The van der Waals surface area contributed by atoms with E-state index < -0.39 is 0 Å². The number of hydrogen-bond donors (Lipinski definition) is 0. The first kappa shape index (κ1) is 13.1. The van der Waals surface area contributed by atoms with E-state index in [1.54, 1.807) is 25.3 Å². The van der Waals surface area contributed by atoms with Crippen molar-refractivity contribution in [2.45, 2.75) is 6.61 Å². The lowest BCUT2D eigenvalue weighted by Crippen LogP contribution is -1.89. The van der Waals surface area contributed by atoms with Crippen LogP contribution in [0.2, 0.25) is 0 Å². The minimum Gasteiger partial charge on any atom is -0.497 e.